The van der Waals surface area contributed by atoms with Crippen LogP contribution in [-0.2, 0) is 9.59 Å². The monoisotopic (exact) mass is 364 g/mol. The summed E-state index contributed by atoms with van der Waals surface area (Å²) in [6.07, 6.45) is 3.28. The van der Waals surface area contributed by atoms with Crippen molar-refractivity contribution in [3.8, 4) is 0 Å². The lowest BCUT2D eigenvalue weighted by Crippen LogP contribution is -2.38. The van der Waals surface area contributed by atoms with Crippen molar-refractivity contribution in [3.63, 3.8) is 0 Å². The standard InChI is InChI=1S/C18H21FN2O3S/c1-3-4-12(2)16(22)20-9-10-21-17(23)15(25-18(21)24)11-13-5-7-14(19)8-6-13/h5-8,11-12H,3-4,9-10H2,1-2H3,(H,20,22)/b15-11+. The van der Waals surface area contributed by atoms with Crippen molar-refractivity contribution in [2.24, 2.45) is 5.92 Å². The number of halogens is 1. The van der Waals surface area contributed by atoms with E-state index in [1.807, 2.05) is 13.8 Å². The Labute approximate surface area is 150 Å². The van der Waals surface area contributed by atoms with Crippen molar-refractivity contribution in [1.82, 2.24) is 10.2 Å². The van der Waals surface area contributed by atoms with E-state index in [-0.39, 0.29) is 36.0 Å². The molecule has 1 saturated heterocycles. The van der Waals surface area contributed by atoms with E-state index in [2.05, 4.69) is 5.32 Å². The molecule has 1 aromatic rings. The molecule has 2 rings (SSSR count). The molecule has 25 heavy (non-hydrogen) atoms. The summed E-state index contributed by atoms with van der Waals surface area (Å²) in [5.74, 6) is -0.914. The highest BCUT2D eigenvalue weighted by atomic mass is 32.2. The van der Waals surface area contributed by atoms with E-state index in [1.54, 1.807) is 18.2 Å². The van der Waals surface area contributed by atoms with Crippen molar-refractivity contribution in [1.29, 1.82) is 0 Å². The number of nitrogens with one attached hydrogen (secondary N) is 1. The topological polar surface area (TPSA) is 66.5 Å². The lowest BCUT2D eigenvalue weighted by atomic mass is 10.1. The van der Waals surface area contributed by atoms with Gasteiger partial charge in [-0.2, -0.15) is 0 Å². The predicted octanol–water partition coefficient (Wildman–Crippen LogP) is 3.41. The van der Waals surface area contributed by atoms with Gasteiger partial charge in [-0.25, -0.2) is 4.39 Å². The number of hydrogen-bond donors (Lipinski definition) is 1. The molecule has 5 nitrogen and oxygen atoms in total. The molecule has 0 saturated carbocycles. The Balaban J connectivity index is 1.92. The van der Waals surface area contributed by atoms with Crippen molar-refractivity contribution in [2.75, 3.05) is 13.1 Å². The van der Waals surface area contributed by atoms with Crippen LogP contribution in [0.3, 0.4) is 0 Å². The van der Waals surface area contributed by atoms with Crippen LogP contribution in [0.2, 0.25) is 0 Å². The number of carbonyl (C=O) groups is 3. The Hall–Kier alpha value is -2.15. The first kappa shape index (κ1) is 19.2. The molecule has 0 bridgehead atoms. The number of thioether (sulfide) groups is 1. The fraction of sp³-hybridized carbons (Fsp3) is 0.389. The van der Waals surface area contributed by atoms with Crippen molar-refractivity contribution in [2.45, 2.75) is 26.7 Å². The van der Waals surface area contributed by atoms with E-state index in [9.17, 15) is 18.8 Å². The molecule has 1 N–H and O–H groups in total. The molecule has 134 valence electrons. The van der Waals surface area contributed by atoms with E-state index < -0.39 is 5.91 Å². The molecule has 0 radical (unpaired) electrons. The zero-order valence-corrected chi connectivity index (χ0v) is 15.1. The zero-order chi connectivity index (χ0) is 18.4. The number of nitrogens with zero attached hydrogens (tertiary/aromatic N) is 1. The van der Waals surface area contributed by atoms with Crippen LogP contribution < -0.4 is 5.32 Å². The summed E-state index contributed by atoms with van der Waals surface area (Å²) in [5, 5.41) is 2.38. The maximum absolute atomic E-state index is 12.9. The molecule has 0 aliphatic carbocycles. The fourth-order valence-corrected chi connectivity index (χ4v) is 3.30. The summed E-state index contributed by atoms with van der Waals surface area (Å²) in [5.41, 5.74) is 0.647. The first-order valence-corrected chi connectivity index (χ1v) is 9.02. The Bertz CT molecular complexity index is 688. The minimum atomic E-state index is -0.393. The van der Waals surface area contributed by atoms with Gasteiger partial charge in [-0.15, -0.1) is 0 Å². The molecule has 7 heteroatoms. The largest absolute Gasteiger partial charge is 0.354 e. The number of hydrogen-bond acceptors (Lipinski definition) is 4. The van der Waals surface area contributed by atoms with Gasteiger partial charge in [0.1, 0.15) is 5.82 Å². The van der Waals surface area contributed by atoms with Crippen LogP contribution in [0, 0.1) is 11.7 Å². The quantitative estimate of drug-likeness (QED) is 0.753. The molecule has 1 aliphatic rings. The van der Waals surface area contributed by atoms with E-state index in [0.717, 1.165) is 29.5 Å². The predicted molar refractivity (Wildman–Crippen MR) is 96.2 cm³/mol. The Kier molecular flexibility index (Phi) is 6.75. The molecular weight excluding hydrogens is 343 g/mol. The van der Waals surface area contributed by atoms with Crippen molar-refractivity contribution >= 4 is 34.9 Å². The summed E-state index contributed by atoms with van der Waals surface area (Å²) in [7, 11) is 0. The summed E-state index contributed by atoms with van der Waals surface area (Å²) in [6.45, 7) is 4.23. The second-order valence-corrected chi connectivity index (χ2v) is 6.86. The normalized spacial score (nSPS) is 17.2. The van der Waals surface area contributed by atoms with Crippen LogP contribution >= 0.6 is 11.8 Å². The van der Waals surface area contributed by atoms with Gasteiger partial charge in [0.15, 0.2) is 0 Å². The zero-order valence-electron chi connectivity index (χ0n) is 14.3. The third-order valence-corrected chi connectivity index (χ3v) is 4.75. The summed E-state index contributed by atoms with van der Waals surface area (Å²) in [4.78, 5) is 37.6. The molecule has 3 amide bonds. The number of rotatable bonds is 7. The molecule has 1 heterocycles. The Morgan fingerprint density at radius 1 is 1.32 bits per heavy atom. The van der Waals surface area contributed by atoms with Gasteiger partial charge in [0, 0.05) is 19.0 Å². The lowest BCUT2D eigenvalue weighted by Gasteiger charge is -2.15. The second kappa shape index (κ2) is 8.80. The van der Waals surface area contributed by atoms with Gasteiger partial charge in [-0.1, -0.05) is 32.4 Å². The van der Waals surface area contributed by atoms with Crippen LogP contribution in [0.15, 0.2) is 29.2 Å². The smallest absolute Gasteiger partial charge is 0.293 e. The van der Waals surface area contributed by atoms with E-state index in [0.29, 0.717) is 10.5 Å². The average molecular weight is 364 g/mol. The summed E-state index contributed by atoms with van der Waals surface area (Å²) >= 11 is 0.846. The highest BCUT2D eigenvalue weighted by molar-refractivity contribution is 8.18. The van der Waals surface area contributed by atoms with Crippen LogP contribution in [0.25, 0.3) is 6.08 Å². The number of carbonyl (C=O) groups excluding carboxylic acids is 3. The first-order chi connectivity index (χ1) is 11.9. The lowest BCUT2D eigenvalue weighted by molar-refractivity contribution is -0.126. The highest BCUT2D eigenvalue weighted by Crippen LogP contribution is 2.31. The Morgan fingerprint density at radius 2 is 2.00 bits per heavy atom. The number of imide groups is 1. The minimum Gasteiger partial charge on any atom is -0.354 e. The van der Waals surface area contributed by atoms with Crippen LogP contribution in [-0.4, -0.2) is 35.0 Å². The van der Waals surface area contributed by atoms with Gasteiger partial charge in [0.2, 0.25) is 5.91 Å². The number of amides is 3. The van der Waals surface area contributed by atoms with Crippen LogP contribution in [0.5, 0.6) is 0 Å². The van der Waals surface area contributed by atoms with Gasteiger partial charge in [-0.05, 0) is 42.0 Å². The number of benzene rings is 1. The Morgan fingerprint density at radius 3 is 2.64 bits per heavy atom. The molecule has 0 spiro atoms. The van der Waals surface area contributed by atoms with Crippen molar-refractivity contribution < 1.29 is 18.8 Å². The average Bonchev–Trinajstić information content (AvgIpc) is 2.84. The van der Waals surface area contributed by atoms with Gasteiger partial charge < -0.3 is 5.32 Å². The van der Waals surface area contributed by atoms with Crippen molar-refractivity contribution in [3.05, 3.63) is 40.6 Å². The molecule has 1 atom stereocenters. The third-order valence-electron chi connectivity index (χ3n) is 3.85. The maximum Gasteiger partial charge on any atom is 0.293 e. The SMILES string of the molecule is CCCC(C)C(=O)NCCN1C(=O)S/C(=C/c2ccc(F)cc2)C1=O. The summed E-state index contributed by atoms with van der Waals surface area (Å²) < 4.78 is 12.9. The van der Waals surface area contributed by atoms with E-state index in [4.69, 9.17) is 0 Å². The van der Waals surface area contributed by atoms with E-state index >= 15 is 0 Å². The van der Waals surface area contributed by atoms with Crippen LogP contribution in [0.4, 0.5) is 9.18 Å². The third kappa shape index (κ3) is 5.16. The summed E-state index contributed by atoms with van der Waals surface area (Å²) in [6, 6.07) is 5.67. The highest BCUT2D eigenvalue weighted by Gasteiger charge is 2.34. The second-order valence-electron chi connectivity index (χ2n) is 5.87. The molecule has 1 fully saturated rings. The van der Waals surface area contributed by atoms with Gasteiger partial charge >= 0.3 is 0 Å². The van der Waals surface area contributed by atoms with Gasteiger partial charge in [0.05, 0.1) is 4.91 Å². The van der Waals surface area contributed by atoms with Gasteiger partial charge in [0.25, 0.3) is 11.1 Å². The molecule has 1 aromatic carbocycles. The molecule has 0 aromatic heterocycles. The molecule has 1 unspecified atom stereocenters. The first-order valence-electron chi connectivity index (χ1n) is 8.21. The van der Waals surface area contributed by atoms with Gasteiger partial charge in [-0.3, -0.25) is 19.3 Å². The van der Waals surface area contributed by atoms with E-state index in [1.165, 1.54) is 12.1 Å². The van der Waals surface area contributed by atoms with Crippen LogP contribution in [0.1, 0.15) is 32.3 Å². The maximum atomic E-state index is 12.9. The minimum absolute atomic E-state index is 0.0734. The molecule has 1 aliphatic heterocycles. The fourth-order valence-electron chi connectivity index (χ4n) is 2.43. The molecular formula is C18H21FN2O3S.